The van der Waals surface area contributed by atoms with Gasteiger partial charge in [-0.2, -0.15) is 0 Å². The minimum atomic E-state index is -0.849. The zero-order valence-electron chi connectivity index (χ0n) is 15.2. The molecule has 3 rings (SSSR count). The van der Waals surface area contributed by atoms with Crippen LogP contribution < -0.4 is 5.32 Å². The summed E-state index contributed by atoms with van der Waals surface area (Å²) < 4.78 is 0. The third-order valence-electron chi connectivity index (χ3n) is 4.74. The van der Waals surface area contributed by atoms with Crippen molar-refractivity contribution in [3.63, 3.8) is 0 Å². The maximum Gasteiger partial charge on any atom is 0.226 e. The number of benzene rings is 2. The second-order valence-corrected chi connectivity index (χ2v) is 7.89. The highest BCUT2D eigenvalue weighted by Crippen LogP contribution is 2.38. The molecule has 2 unspecified atom stereocenters. The molecule has 27 heavy (non-hydrogen) atoms. The number of rotatable bonds is 4. The molecule has 2 aromatic carbocycles. The number of carbonyl (C=O) groups excluding carboxylic acids is 1. The van der Waals surface area contributed by atoms with Gasteiger partial charge in [0.2, 0.25) is 5.91 Å². The summed E-state index contributed by atoms with van der Waals surface area (Å²) in [5.41, 5.74) is 0.415. The summed E-state index contributed by atoms with van der Waals surface area (Å²) in [6, 6.07) is 16.9. The van der Waals surface area contributed by atoms with Gasteiger partial charge in [0.25, 0.3) is 0 Å². The van der Waals surface area contributed by atoms with Gasteiger partial charge in [0, 0.05) is 15.5 Å². The first-order valence-electron chi connectivity index (χ1n) is 8.90. The third kappa shape index (κ3) is 6.51. The fourth-order valence-electron chi connectivity index (χ4n) is 3.12. The number of aliphatic hydroxyl groups excluding tert-OH is 2. The lowest BCUT2D eigenvalue weighted by Gasteiger charge is -2.38. The van der Waals surface area contributed by atoms with E-state index in [-0.39, 0.29) is 25.0 Å². The number of aliphatic hydroxyl groups is 2. The quantitative estimate of drug-likeness (QED) is 0.701. The highest BCUT2D eigenvalue weighted by atomic mass is 35.5. The largest absolute Gasteiger partial charge is 0.394 e. The summed E-state index contributed by atoms with van der Waals surface area (Å²) in [6.45, 7) is 1.52. The number of amides is 1. The van der Waals surface area contributed by atoms with Gasteiger partial charge >= 0.3 is 0 Å². The third-order valence-corrected chi connectivity index (χ3v) is 5.24. The average molecular weight is 410 g/mol. The van der Waals surface area contributed by atoms with Gasteiger partial charge in [-0.15, -0.1) is 0 Å². The first-order valence-corrected chi connectivity index (χ1v) is 9.65. The molecule has 4 nitrogen and oxygen atoms in total. The molecule has 146 valence electrons. The molecular weight excluding hydrogens is 385 g/mol. The number of carbonyl (C=O) groups is 1. The standard InChI is InChI=1S/C15H20ClNO3.C6H5Cl/c1-15(8-12(19)9-18)7-6-13(17-14(15)20)10-2-4-11(16)5-3-10;7-6-4-2-1-3-5-6/h2-5,12-13,18-19H,6-9H2,1H3,(H,17,20);1-5H/t12?,13?,15-;/m1./s1. The summed E-state index contributed by atoms with van der Waals surface area (Å²) >= 11 is 11.4. The maximum atomic E-state index is 12.3. The van der Waals surface area contributed by atoms with Crippen molar-refractivity contribution >= 4 is 29.1 Å². The van der Waals surface area contributed by atoms with Crippen LogP contribution in [0.5, 0.6) is 0 Å². The molecule has 0 spiro atoms. The SMILES string of the molecule is C[C@]1(CC(O)CO)CCC(c2ccc(Cl)cc2)NC1=O.Clc1ccccc1. The molecule has 3 N–H and O–H groups in total. The smallest absolute Gasteiger partial charge is 0.226 e. The molecule has 1 amide bonds. The Bertz CT molecular complexity index is 724. The lowest BCUT2D eigenvalue weighted by atomic mass is 9.75. The van der Waals surface area contributed by atoms with Crippen molar-refractivity contribution in [1.29, 1.82) is 0 Å². The van der Waals surface area contributed by atoms with Gasteiger partial charge in [0.1, 0.15) is 0 Å². The van der Waals surface area contributed by atoms with E-state index in [1.165, 1.54) is 0 Å². The minimum absolute atomic E-state index is 0.0147. The van der Waals surface area contributed by atoms with Crippen LogP contribution >= 0.6 is 23.2 Å². The van der Waals surface area contributed by atoms with Crippen molar-refractivity contribution in [2.75, 3.05) is 6.61 Å². The highest BCUT2D eigenvalue weighted by Gasteiger charge is 2.40. The summed E-state index contributed by atoms with van der Waals surface area (Å²) in [4.78, 5) is 12.3. The number of piperidine rings is 1. The second kappa shape index (κ2) is 10.1. The first kappa shape index (κ1) is 21.7. The number of halogens is 2. The van der Waals surface area contributed by atoms with Crippen LogP contribution in [0.25, 0.3) is 0 Å². The van der Waals surface area contributed by atoms with Gasteiger partial charge in [0.15, 0.2) is 0 Å². The Morgan fingerprint density at radius 2 is 1.70 bits per heavy atom. The van der Waals surface area contributed by atoms with E-state index in [2.05, 4.69) is 5.32 Å². The molecule has 3 atom stereocenters. The van der Waals surface area contributed by atoms with E-state index >= 15 is 0 Å². The molecule has 0 aromatic heterocycles. The van der Waals surface area contributed by atoms with Gasteiger partial charge in [-0.3, -0.25) is 4.79 Å². The molecule has 1 heterocycles. The molecule has 1 aliphatic heterocycles. The molecule has 0 saturated carbocycles. The summed E-state index contributed by atoms with van der Waals surface area (Å²) in [6.07, 6.45) is 0.922. The van der Waals surface area contributed by atoms with Crippen molar-refractivity contribution in [1.82, 2.24) is 5.32 Å². The monoisotopic (exact) mass is 409 g/mol. The number of nitrogens with one attached hydrogen (secondary N) is 1. The molecule has 1 saturated heterocycles. The van der Waals surface area contributed by atoms with Crippen molar-refractivity contribution < 1.29 is 15.0 Å². The topological polar surface area (TPSA) is 69.6 Å². The van der Waals surface area contributed by atoms with Crippen LogP contribution in [0, 0.1) is 5.41 Å². The zero-order chi connectivity index (χ0) is 19.9. The fourth-order valence-corrected chi connectivity index (χ4v) is 3.39. The normalized spacial score (nSPS) is 23.0. The predicted molar refractivity (Wildman–Crippen MR) is 109 cm³/mol. The summed E-state index contributed by atoms with van der Waals surface area (Å²) in [5.74, 6) is -0.0730. The predicted octanol–water partition coefficient (Wildman–Crippen LogP) is 4.38. The number of hydrogen-bond acceptors (Lipinski definition) is 3. The molecular formula is C21H25Cl2NO3. The van der Waals surface area contributed by atoms with E-state index in [1.807, 2.05) is 61.5 Å². The van der Waals surface area contributed by atoms with Crippen molar-refractivity contribution in [3.8, 4) is 0 Å². The fraction of sp³-hybridized carbons (Fsp3) is 0.381. The lowest BCUT2D eigenvalue weighted by Crippen LogP contribution is -2.47. The highest BCUT2D eigenvalue weighted by molar-refractivity contribution is 6.30. The van der Waals surface area contributed by atoms with E-state index in [4.69, 9.17) is 28.3 Å². The Morgan fingerprint density at radius 1 is 1.11 bits per heavy atom. The molecule has 6 heteroatoms. The Kier molecular flexibility index (Phi) is 8.11. The van der Waals surface area contributed by atoms with Crippen molar-refractivity contribution in [2.24, 2.45) is 5.41 Å². The summed E-state index contributed by atoms with van der Waals surface area (Å²) in [7, 11) is 0. The lowest BCUT2D eigenvalue weighted by molar-refractivity contribution is -0.136. The van der Waals surface area contributed by atoms with Gasteiger partial charge < -0.3 is 15.5 Å². The van der Waals surface area contributed by atoms with Crippen LogP contribution in [0.4, 0.5) is 0 Å². The maximum absolute atomic E-state index is 12.3. The van der Waals surface area contributed by atoms with Crippen LogP contribution in [-0.2, 0) is 4.79 Å². The van der Waals surface area contributed by atoms with E-state index in [1.54, 1.807) is 0 Å². The van der Waals surface area contributed by atoms with Crippen LogP contribution in [0.3, 0.4) is 0 Å². The molecule has 1 fully saturated rings. The Morgan fingerprint density at radius 3 is 2.19 bits per heavy atom. The Hall–Kier alpha value is -1.59. The van der Waals surface area contributed by atoms with Crippen LogP contribution in [0.1, 0.15) is 37.8 Å². The van der Waals surface area contributed by atoms with Crippen LogP contribution in [0.15, 0.2) is 54.6 Å². The zero-order valence-corrected chi connectivity index (χ0v) is 16.7. The molecule has 0 bridgehead atoms. The van der Waals surface area contributed by atoms with Gasteiger partial charge in [-0.1, -0.05) is 60.5 Å². The molecule has 0 radical (unpaired) electrons. The van der Waals surface area contributed by atoms with E-state index in [0.717, 1.165) is 17.0 Å². The van der Waals surface area contributed by atoms with E-state index < -0.39 is 11.5 Å². The second-order valence-electron chi connectivity index (χ2n) is 7.01. The molecule has 0 aliphatic carbocycles. The van der Waals surface area contributed by atoms with Gasteiger partial charge in [0.05, 0.1) is 18.8 Å². The molecule has 1 aliphatic rings. The van der Waals surface area contributed by atoms with Crippen LogP contribution in [0.2, 0.25) is 10.0 Å². The van der Waals surface area contributed by atoms with Gasteiger partial charge in [-0.05, 0) is 49.1 Å². The van der Waals surface area contributed by atoms with E-state index in [0.29, 0.717) is 11.4 Å². The first-order chi connectivity index (χ1) is 12.8. The van der Waals surface area contributed by atoms with Crippen molar-refractivity contribution in [3.05, 3.63) is 70.2 Å². The van der Waals surface area contributed by atoms with E-state index in [9.17, 15) is 9.90 Å². The molecule has 2 aromatic rings. The number of hydrogen-bond donors (Lipinski definition) is 3. The van der Waals surface area contributed by atoms with Crippen molar-refractivity contribution in [2.45, 2.75) is 38.3 Å². The van der Waals surface area contributed by atoms with Crippen LogP contribution in [-0.4, -0.2) is 28.8 Å². The summed E-state index contributed by atoms with van der Waals surface area (Å²) in [5, 5.41) is 23.0. The Balaban J connectivity index is 0.000000313. The van der Waals surface area contributed by atoms with Gasteiger partial charge in [-0.25, -0.2) is 0 Å². The Labute approximate surface area is 170 Å². The average Bonchev–Trinajstić information content (AvgIpc) is 2.66. The minimum Gasteiger partial charge on any atom is -0.394 e.